The van der Waals surface area contributed by atoms with Crippen molar-refractivity contribution in [2.24, 2.45) is 4.99 Å². The van der Waals surface area contributed by atoms with Crippen LogP contribution in [0.5, 0.6) is 5.88 Å². The Labute approximate surface area is 167 Å². The molecule has 1 amide bonds. The SMILES string of the molecule is CCN(CC)CCOC(=O)c1ccc(N=Cc2sc(NC(C)=O)nc2O)cc1. The first-order chi connectivity index (χ1) is 13.4. The molecule has 1 aromatic heterocycles. The minimum Gasteiger partial charge on any atom is -0.492 e. The largest absolute Gasteiger partial charge is 0.492 e. The summed E-state index contributed by atoms with van der Waals surface area (Å²) in [5.41, 5.74) is 1.06. The number of amides is 1. The summed E-state index contributed by atoms with van der Waals surface area (Å²) >= 11 is 1.11. The summed E-state index contributed by atoms with van der Waals surface area (Å²) in [6, 6.07) is 6.65. The minimum absolute atomic E-state index is 0.203. The molecule has 9 heteroatoms. The molecule has 0 saturated carbocycles. The Morgan fingerprint density at radius 1 is 1.29 bits per heavy atom. The summed E-state index contributed by atoms with van der Waals surface area (Å²) in [6.07, 6.45) is 1.45. The fourth-order valence-corrected chi connectivity index (χ4v) is 3.10. The van der Waals surface area contributed by atoms with Crippen LogP contribution in [0.25, 0.3) is 0 Å². The first-order valence-electron chi connectivity index (χ1n) is 8.93. The van der Waals surface area contributed by atoms with Gasteiger partial charge in [-0.2, -0.15) is 4.98 Å². The second-order valence-corrected chi connectivity index (χ2v) is 6.89. The highest BCUT2D eigenvalue weighted by Crippen LogP contribution is 2.27. The van der Waals surface area contributed by atoms with Gasteiger partial charge in [0.15, 0.2) is 5.13 Å². The number of anilines is 1. The van der Waals surface area contributed by atoms with E-state index in [2.05, 4.69) is 34.0 Å². The van der Waals surface area contributed by atoms with E-state index in [-0.39, 0.29) is 17.8 Å². The normalized spacial score (nSPS) is 11.1. The number of carbonyl (C=O) groups excluding carboxylic acids is 2. The van der Waals surface area contributed by atoms with Crippen LogP contribution in [0.15, 0.2) is 29.3 Å². The van der Waals surface area contributed by atoms with E-state index in [4.69, 9.17) is 4.74 Å². The average Bonchev–Trinajstić information content (AvgIpc) is 3.02. The van der Waals surface area contributed by atoms with Gasteiger partial charge in [-0.15, -0.1) is 0 Å². The molecular formula is C19H24N4O4S. The minimum atomic E-state index is -0.372. The van der Waals surface area contributed by atoms with Crippen molar-refractivity contribution in [3.8, 4) is 5.88 Å². The van der Waals surface area contributed by atoms with Gasteiger partial charge in [0.05, 0.1) is 17.5 Å². The average molecular weight is 404 g/mol. The highest BCUT2D eigenvalue weighted by atomic mass is 32.1. The van der Waals surface area contributed by atoms with Gasteiger partial charge in [-0.05, 0) is 37.4 Å². The van der Waals surface area contributed by atoms with Crippen molar-refractivity contribution >= 4 is 40.2 Å². The number of carbonyl (C=O) groups is 2. The number of likely N-dealkylation sites (N-methyl/N-ethyl adjacent to an activating group) is 1. The quantitative estimate of drug-likeness (QED) is 0.492. The molecule has 0 atom stereocenters. The van der Waals surface area contributed by atoms with Gasteiger partial charge >= 0.3 is 5.97 Å². The number of aliphatic imine (C=N–C) groups is 1. The van der Waals surface area contributed by atoms with Crippen molar-refractivity contribution in [3.05, 3.63) is 34.7 Å². The number of hydrogen-bond acceptors (Lipinski definition) is 8. The molecule has 2 N–H and O–H groups in total. The number of esters is 1. The summed E-state index contributed by atoms with van der Waals surface area (Å²) in [6.45, 7) is 8.39. The molecule has 2 aromatic rings. The third-order valence-electron chi connectivity index (χ3n) is 3.89. The molecule has 150 valence electrons. The smallest absolute Gasteiger partial charge is 0.338 e. The van der Waals surface area contributed by atoms with Gasteiger partial charge in [0.2, 0.25) is 11.8 Å². The van der Waals surface area contributed by atoms with E-state index >= 15 is 0 Å². The van der Waals surface area contributed by atoms with Crippen LogP contribution in [0, 0.1) is 0 Å². The van der Waals surface area contributed by atoms with Crippen LogP contribution in [0.1, 0.15) is 36.0 Å². The van der Waals surface area contributed by atoms with Crippen LogP contribution >= 0.6 is 11.3 Å². The molecule has 28 heavy (non-hydrogen) atoms. The van der Waals surface area contributed by atoms with Crippen molar-refractivity contribution in [1.82, 2.24) is 9.88 Å². The summed E-state index contributed by atoms with van der Waals surface area (Å²) in [7, 11) is 0. The highest BCUT2D eigenvalue weighted by molar-refractivity contribution is 7.17. The topological polar surface area (TPSA) is 104 Å². The summed E-state index contributed by atoms with van der Waals surface area (Å²) in [5, 5.41) is 12.6. The van der Waals surface area contributed by atoms with Gasteiger partial charge in [0.25, 0.3) is 0 Å². The van der Waals surface area contributed by atoms with E-state index in [1.54, 1.807) is 24.3 Å². The van der Waals surface area contributed by atoms with Crippen molar-refractivity contribution in [2.75, 3.05) is 31.6 Å². The number of nitrogens with one attached hydrogen (secondary N) is 1. The second kappa shape index (κ2) is 10.5. The zero-order valence-corrected chi connectivity index (χ0v) is 17.0. The first-order valence-corrected chi connectivity index (χ1v) is 9.75. The Balaban J connectivity index is 1.93. The molecule has 1 heterocycles. The standard InChI is InChI=1S/C19H24N4O4S/c1-4-23(5-2)10-11-27-18(26)14-6-8-15(9-7-14)20-12-16-17(25)22-19(28-16)21-13(3)24/h6-9,12,25H,4-5,10-11H2,1-3H3,(H,21,22,24). The Morgan fingerprint density at radius 2 is 1.96 bits per heavy atom. The summed E-state index contributed by atoms with van der Waals surface area (Å²) < 4.78 is 5.29. The van der Waals surface area contributed by atoms with E-state index < -0.39 is 0 Å². The Bertz CT molecular complexity index is 829. The first kappa shape index (κ1) is 21.5. The maximum atomic E-state index is 12.1. The van der Waals surface area contributed by atoms with Crippen LogP contribution < -0.4 is 5.32 Å². The summed E-state index contributed by atoms with van der Waals surface area (Å²) in [5.74, 6) is -0.842. The molecule has 1 aromatic carbocycles. The number of aromatic nitrogens is 1. The van der Waals surface area contributed by atoms with E-state index in [9.17, 15) is 14.7 Å². The zero-order chi connectivity index (χ0) is 20.5. The van der Waals surface area contributed by atoms with Crippen LogP contribution in [-0.2, 0) is 9.53 Å². The molecular weight excluding hydrogens is 380 g/mol. The molecule has 8 nitrogen and oxygen atoms in total. The molecule has 0 aliphatic rings. The lowest BCUT2D eigenvalue weighted by molar-refractivity contribution is -0.114. The van der Waals surface area contributed by atoms with Crippen molar-refractivity contribution in [2.45, 2.75) is 20.8 Å². The van der Waals surface area contributed by atoms with Crippen LogP contribution in [0.3, 0.4) is 0 Å². The van der Waals surface area contributed by atoms with E-state index in [0.29, 0.717) is 34.4 Å². The second-order valence-electron chi connectivity index (χ2n) is 5.86. The number of hydrogen-bond donors (Lipinski definition) is 2. The fourth-order valence-electron chi connectivity index (χ4n) is 2.32. The number of ether oxygens (including phenoxy) is 1. The van der Waals surface area contributed by atoms with Gasteiger partial charge in [-0.25, -0.2) is 4.79 Å². The van der Waals surface area contributed by atoms with E-state index in [1.165, 1.54) is 13.1 Å². The highest BCUT2D eigenvalue weighted by Gasteiger charge is 2.10. The van der Waals surface area contributed by atoms with Gasteiger partial charge in [-0.3, -0.25) is 9.79 Å². The molecule has 2 rings (SSSR count). The fraction of sp³-hybridized carbons (Fsp3) is 0.368. The van der Waals surface area contributed by atoms with Crippen LogP contribution in [-0.4, -0.2) is 59.3 Å². The molecule has 0 radical (unpaired) electrons. The molecule has 0 saturated heterocycles. The Hall–Kier alpha value is -2.78. The third-order valence-corrected chi connectivity index (χ3v) is 4.78. The Morgan fingerprint density at radius 3 is 2.57 bits per heavy atom. The third kappa shape index (κ3) is 6.43. The Kier molecular flexibility index (Phi) is 8.09. The lowest BCUT2D eigenvalue weighted by Gasteiger charge is -2.17. The number of rotatable bonds is 9. The molecule has 0 unspecified atom stereocenters. The van der Waals surface area contributed by atoms with Crippen molar-refractivity contribution in [1.29, 1.82) is 0 Å². The predicted molar refractivity (Wildman–Crippen MR) is 110 cm³/mol. The predicted octanol–water partition coefficient (Wildman–Crippen LogP) is 3.06. The number of nitrogens with zero attached hydrogens (tertiary/aromatic N) is 3. The van der Waals surface area contributed by atoms with Gasteiger partial charge in [-0.1, -0.05) is 25.2 Å². The summed E-state index contributed by atoms with van der Waals surface area (Å²) in [4.78, 5) is 33.8. The van der Waals surface area contributed by atoms with Crippen molar-refractivity contribution < 1.29 is 19.4 Å². The maximum absolute atomic E-state index is 12.1. The maximum Gasteiger partial charge on any atom is 0.338 e. The van der Waals surface area contributed by atoms with Crippen LogP contribution in [0.2, 0.25) is 0 Å². The zero-order valence-electron chi connectivity index (χ0n) is 16.1. The van der Waals surface area contributed by atoms with E-state index in [0.717, 1.165) is 24.4 Å². The van der Waals surface area contributed by atoms with Crippen LogP contribution in [0.4, 0.5) is 10.8 Å². The number of aromatic hydroxyl groups is 1. The molecule has 0 aliphatic heterocycles. The van der Waals surface area contributed by atoms with Gasteiger partial charge < -0.3 is 20.1 Å². The number of thiazole rings is 1. The van der Waals surface area contributed by atoms with Gasteiger partial charge in [0.1, 0.15) is 11.5 Å². The monoisotopic (exact) mass is 404 g/mol. The van der Waals surface area contributed by atoms with Gasteiger partial charge in [0, 0.05) is 13.5 Å². The molecule has 0 fully saturated rings. The molecule has 0 bridgehead atoms. The molecule has 0 spiro atoms. The number of benzene rings is 1. The van der Waals surface area contributed by atoms with E-state index in [1.807, 2.05) is 0 Å². The van der Waals surface area contributed by atoms with Crippen molar-refractivity contribution in [3.63, 3.8) is 0 Å². The molecule has 0 aliphatic carbocycles. The lowest BCUT2D eigenvalue weighted by atomic mass is 10.2. The lowest BCUT2D eigenvalue weighted by Crippen LogP contribution is -2.27.